The zero-order chi connectivity index (χ0) is 14.7. The number of nitro benzene ring substituents is 1. The molecule has 0 aliphatic rings. The van der Waals surface area contributed by atoms with Crippen LogP contribution in [0.25, 0.3) is 0 Å². The fourth-order valence-corrected chi connectivity index (χ4v) is 1.93. The van der Waals surface area contributed by atoms with E-state index in [-0.39, 0.29) is 23.7 Å². The highest BCUT2D eigenvalue weighted by molar-refractivity contribution is 9.10. The zero-order valence-electron chi connectivity index (χ0n) is 10.2. The number of nitrogen functional groups attached to an aromatic ring is 1. The Morgan fingerprint density at radius 3 is 2.75 bits per heavy atom. The van der Waals surface area contributed by atoms with Crippen LogP contribution in [0.4, 0.5) is 15.8 Å². The summed E-state index contributed by atoms with van der Waals surface area (Å²) in [6, 6.07) is 8.64. The van der Waals surface area contributed by atoms with Crippen molar-refractivity contribution >= 4 is 27.3 Å². The Hall–Kier alpha value is -2.15. The second-order valence-corrected chi connectivity index (χ2v) is 4.93. The second-order valence-electron chi connectivity index (χ2n) is 4.01. The first-order chi connectivity index (χ1) is 9.47. The number of benzene rings is 2. The average molecular weight is 341 g/mol. The Labute approximate surface area is 122 Å². The van der Waals surface area contributed by atoms with Gasteiger partial charge in [0.05, 0.1) is 4.92 Å². The Balaban J connectivity index is 2.17. The summed E-state index contributed by atoms with van der Waals surface area (Å²) in [5, 5.41) is 10.8. The van der Waals surface area contributed by atoms with Crippen molar-refractivity contribution in [3.8, 4) is 5.75 Å². The summed E-state index contributed by atoms with van der Waals surface area (Å²) in [4.78, 5) is 10.2. The van der Waals surface area contributed by atoms with Crippen molar-refractivity contribution in [2.75, 3.05) is 5.73 Å². The SMILES string of the molecule is Nc1ccc(COc2cc(Br)ccc2F)cc1[N+](=O)[O-]. The molecule has 0 heterocycles. The third kappa shape index (κ3) is 3.24. The van der Waals surface area contributed by atoms with Crippen molar-refractivity contribution in [3.63, 3.8) is 0 Å². The number of nitrogens with two attached hydrogens (primary N) is 1. The van der Waals surface area contributed by atoms with Gasteiger partial charge in [0, 0.05) is 10.5 Å². The number of ether oxygens (including phenoxy) is 1. The molecule has 7 heteroatoms. The highest BCUT2D eigenvalue weighted by atomic mass is 79.9. The number of nitro groups is 1. The number of rotatable bonds is 4. The Morgan fingerprint density at radius 2 is 2.05 bits per heavy atom. The zero-order valence-corrected chi connectivity index (χ0v) is 11.8. The fraction of sp³-hybridized carbons (Fsp3) is 0.0769. The fourth-order valence-electron chi connectivity index (χ4n) is 1.59. The van der Waals surface area contributed by atoms with E-state index in [0.29, 0.717) is 10.0 Å². The largest absolute Gasteiger partial charge is 0.486 e. The molecule has 2 aromatic carbocycles. The van der Waals surface area contributed by atoms with Crippen LogP contribution < -0.4 is 10.5 Å². The van der Waals surface area contributed by atoms with Crippen LogP contribution in [0, 0.1) is 15.9 Å². The van der Waals surface area contributed by atoms with Crippen LogP contribution >= 0.6 is 15.9 Å². The van der Waals surface area contributed by atoms with E-state index in [4.69, 9.17) is 10.5 Å². The van der Waals surface area contributed by atoms with E-state index in [0.717, 1.165) is 0 Å². The molecule has 0 spiro atoms. The highest BCUT2D eigenvalue weighted by Gasteiger charge is 2.12. The van der Waals surface area contributed by atoms with Crippen LogP contribution in [-0.2, 0) is 6.61 Å². The van der Waals surface area contributed by atoms with Crippen molar-refractivity contribution in [3.05, 3.63) is 62.4 Å². The minimum absolute atomic E-state index is 0.00843. The summed E-state index contributed by atoms with van der Waals surface area (Å²) < 4.78 is 19.5. The van der Waals surface area contributed by atoms with Gasteiger partial charge in [-0.1, -0.05) is 22.0 Å². The molecule has 0 unspecified atom stereocenters. The van der Waals surface area contributed by atoms with Crippen molar-refractivity contribution in [1.29, 1.82) is 0 Å². The van der Waals surface area contributed by atoms with E-state index in [1.54, 1.807) is 12.1 Å². The topological polar surface area (TPSA) is 78.4 Å². The van der Waals surface area contributed by atoms with E-state index >= 15 is 0 Å². The third-order valence-electron chi connectivity index (χ3n) is 2.58. The van der Waals surface area contributed by atoms with Crippen LogP contribution in [0.2, 0.25) is 0 Å². The molecule has 0 amide bonds. The molecule has 0 atom stereocenters. The van der Waals surface area contributed by atoms with Gasteiger partial charge in [0.1, 0.15) is 12.3 Å². The van der Waals surface area contributed by atoms with Crippen molar-refractivity contribution in [2.24, 2.45) is 0 Å². The van der Waals surface area contributed by atoms with Gasteiger partial charge in [-0.2, -0.15) is 0 Å². The Bertz CT molecular complexity index is 664. The standard InChI is InChI=1S/C13H10BrFN2O3/c14-9-2-3-10(15)13(6-9)20-7-8-1-4-11(16)12(5-8)17(18)19/h1-6H,7,16H2. The Kier molecular flexibility index (Phi) is 4.19. The van der Waals surface area contributed by atoms with E-state index < -0.39 is 10.7 Å². The summed E-state index contributed by atoms with van der Waals surface area (Å²) in [5.41, 5.74) is 5.91. The predicted octanol–water partition coefficient (Wildman–Crippen LogP) is 3.66. The predicted molar refractivity (Wildman–Crippen MR) is 75.9 cm³/mol. The molecule has 0 radical (unpaired) electrons. The molecule has 0 aliphatic heterocycles. The quantitative estimate of drug-likeness (QED) is 0.523. The molecular formula is C13H10BrFN2O3. The van der Waals surface area contributed by atoms with E-state index in [2.05, 4.69) is 15.9 Å². The minimum atomic E-state index is -0.571. The maximum Gasteiger partial charge on any atom is 0.292 e. The number of anilines is 1. The molecule has 0 fully saturated rings. The van der Waals surface area contributed by atoms with Crippen LogP contribution in [0.5, 0.6) is 5.75 Å². The lowest BCUT2D eigenvalue weighted by Gasteiger charge is -2.08. The number of nitrogens with zero attached hydrogens (tertiary/aromatic N) is 1. The first kappa shape index (κ1) is 14.3. The maximum absolute atomic E-state index is 13.5. The summed E-state index contributed by atoms with van der Waals surface area (Å²) in [7, 11) is 0. The molecule has 5 nitrogen and oxygen atoms in total. The summed E-state index contributed by atoms with van der Waals surface area (Å²) in [6.45, 7) is 0.00843. The summed E-state index contributed by atoms with van der Waals surface area (Å²) in [5.74, 6) is -0.433. The van der Waals surface area contributed by atoms with Crippen LogP contribution in [-0.4, -0.2) is 4.92 Å². The second kappa shape index (κ2) is 5.87. The van der Waals surface area contributed by atoms with Crippen LogP contribution in [0.15, 0.2) is 40.9 Å². The van der Waals surface area contributed by atoms with Crippen molar-refractivity contribution < 1.29 is 14.1 Å². The van der Waals surface area contributed by atoms with Gasteiger partial charge < -0.3 is 10.5 Å². The van der Waals surface area contributed by atoms with E-state index in [1.165, 1.54) is 24.3 Å². The molecule has 0 bridgehead atoms. The molecule has 0 saturated heterocycles. The smallest absolute Gasteiger partial charge is 0.292 e. The molecule has 2 rings (SSSR count). The number of halogens is 2. The summed E-state index contributed by atoms with van der Waals surface area (Å²) in [6.07, 6.45) is 0. The van der Waals surface area contributed by atoms with E-state index in [1.807, 2.05) is 0 Å². The molecule has 2 N–H and O–H groups in total. The van der Waals surface area contributed by atoms with Crippen molar-refractivity contribution in [1.82, 2.24) is 0 Å². The van der Waals surface area contributed by atoms with Gasteiger partial charge in [-0.25, -0.2) is 4.39 Å². The van der Waals surface area contributed by atoms with Gasteiger partial charge in [-0.05, 0) is 29.8 Å². The molecule has 104 valence electrons. The van der Waals surface area contributed by atoms with Crippen LogP contribution in [0.1, 0.15) is 5.56 Å². The highest BCUT2D eigenvalue weighted by Crippen LogP contribution is 2.25. The summed E-state index contributed by atoms with van der Waals surface area (Å²) >= 11 is 3.21. The van der Waals surface area contributed by atoms with Gasteiger partial charge in [-0.15, -0.1) is 0 Å². The monoisotopic (exact) mass is 340 g/mol. The maximum atomic E-state index is 13.5. The first-order valence-electron chi connectivity index (χ1n) is 5.58. The molecule has 0 aromatic heterocycles. The first-order valence-corrected chi connectivity index (χ1v) is 6.37. The molecule has 2 aromatic rings. The number of hydrogen-bond donors (Lipinski definition) is 1. The lowest BCUT2D eigenvalue weighted by Crippen LogP contribution is -2.01. The Morgan fingerprint density at radius 1 is 1.30 bits per heavy atom. The van der Waals surface area contributed by atoms with Gasteiger partial charge in [0.25, 0.3) is 5.69 Å². The molecule has 0 saturated carbocycles. The average Bonchev–Trinajstić information content (AvgIpc) is 2.41. The van der Waals surface area contributed by atoms with Gasteiger partial charge >= 0.3 is 0 Å². The molecule has 0 aliphatic carbocycles. The third-order valence-corrected chi connectivity index (χ3v) is 3.07. The normalized spacial score (nSPS) is 10.3. The lowest BCUT2D eigenvalue weighted by molar-refractivity contribution is -0.384. The number of hydrogen-bond acceptors (Lipinski definition) is 4. The van der Waals surface area contributed by atoms with Gasteiger partial charge in [0.2, 0.25) is 0 Å². The van der Waals surface area contributed by atoms with Gasteiger partial charge in [0.15, 0.2) is 11.6 Å². The minimum Gasteiger partial charge on any atom is -0.486 e. The van der Waals surface area contributed by atoms with Crippen molar-refractivity contribution in [2.45, 2.75) is 6.61 Å². The van der Waals surface area contributed by atoms with Gasteiger partial charge in [-0.3, -0.25) is 10.1 Å². The molecule has 20 heavy (non-hydrogen) atoms. The molecular weight excluding hydrogens is 331 g/mol. The van der Waals surface area contributed by atoms with E-state index in [9.17, 15) is 14.5 Å². The van der Waals surface area contributed by atoms with Crippen LogP contribution in [0.3, 0.4) is 0 Å². The lowest BCUT2D eigenvalue weighted by atomic mass is 10.2.